The minimum absolute atomic E-state index is 0.156. The highest BCUT2D eigenvalue weighted by molar-refractivity contribution is 5.83. The number of ether oxygens (including phenoxy) is 1. The van der Waals surface area contributed by atoms with Gasteiger partial charge in [0.25, 0.3) is 0 Å². The van der Waals surface area contributed by atoms with Crippen LogP contribution in [-0.2, 0) is 21.7 Å². The summed E-state index contributed by atoms with van der Waals surface area (Å²) in [6, 6.07) is 15.1. The molecule has 0 aromatic heterocycles. The van der Waals surface area contributed by atoms with Crippen molar-refractivity contribution in [3.05, 3.63) is 70.8 Å². The molecule has 0 spiro atoms. The fraction of sp³-hybridized carbons (Fsp3) is 0.409. The van der Waals surface area contributed by atoms with E-state index in [1.807, 2.05) is 62.4 Å². The van der Waals surface area contributed by atoms with E-state index in [1.165, 1.54) is 0 Å². The van der Waals surface area contributed by atoms with Crippen LogP contribution in [0.2, 0.25) is 0 Å². The number of alkyl halides is 1. The summed E-state index contributed by atoms with van der Waals surface area (Å²) in [6.07, 6.45) is 1.10. The molecule has 0 aliphatic carbocycles. The van der Waals surface area contributed by atoms with Crippen molar-refractivity contribution < 1.29 is 13.9 Å². The van der Waals surface area contributed by atoms with Gasteiger partial charge in [-0.2, -0.15) is 0 Å². The Kier molecular flexibility index (Phi) is 5.92. The van der Waals surface area contributed by atoms with Gasteiger partial charge >= 0.3 is 0 Å². The summed E-state index contributed by atoms with van der Waals surface area (Å²) in [5.41, 5.74) is 8.88. The molecular formula is C22H27FN2O2. The van der Waals surface area contributed by atoms with Gasteiger partial charge in [-0.15, -0.1) is 0 Å². The number of halogens is 1. The molecule has 0 bridgehead atoms. The van der Waals surface area contributed by atoms with Crippen LogP contribution in [0.15, 0.2) is 48.5 Å². The second-order valence-corrected chi connectivity index (χ2v) is 7.42. The zero-order valence-corrected chi connectivity index (χ0v) is 15.9. The molecule has 1 aliphatic rings. The molecule has 1 unspecified atom stereocenters. The second-order valence-electron chi connectivity index (χ2n) is 7.42. The summed E-state index contributed by atoms with van der Waals surface area (Å²) in [4.78, 5) is 12.3. The van der Waals surface area contributed by atoms with Crippen LogP contribution in [0, 0.1) is 6.92 Å². The minimum atomic E-state index is -0.602. The van der Waals surface area contributed by atoms with Crippen LogP contribution in [-0.4, -0.2) is 18.6 Å². The van der Waals surface area contributed by atoms with Gasteiger partial charge < -0.3 is 15.8 Å². The number of hydrogen-bond donors (Lipinski definition) is 2. The summed E-state index contributed by atoms with van der Waals surface area (Å²) in [5, 5.41) is 3.09. The lowest BCUT2D eigenvalue weighted by molar-refractivity contribution is -0.129. The predicted molar refractivity (Wildman–Crippen MR) is 104 cm³/mol. The van der Waals surface area contributed by atoms with Crippen molar-refractivity contribution in [2.24, 2.45) is 5.73 Å². The quantitative estimate of drug-likeness (QED) is 0.815. The smallest absolute Gasteiger partial charge is 0.237 e. The summed E-state index contributed by atoms with van der Waals surface area (Å²) in [6.45, 7) is 3.73. The van der Waals surface area contributed by atoms with Gasteiger partial charge in [0.15, 0.2) is 0 Å². The largest absolute Gasteiger partial charge is 0.371 e. The SMILES string of the molecule is Cc1cc(CF)cc([C@@H](C)OC[C@@]2(c3ccccc3)CCC(N)C(=O)N2)c1. The third-order valence-corrected chi connectivity index (χ3v) is 5.27. The maximum atomic E-state index is 13.1. The highest BCUT2D eigenvalue weighted by Gasteiger charge is 2.40. The number of benzene rings is 2. The lowest BCUT2D eigenvalue weighted by atomic mass is 9.81. The molecule has 1 saturated heterocycles. The molecule has 0 saturated carbocycles. The maximum absolute atomic E-state index is 13.1. The third-order valence-electron chi connectivity index (χ3n) is 5.27. The van der Waals surface area contributed by atoms with Crippen LogP contribution < -0.4 is 11.1 Å². The first kappa shape index (κ1) is 19.5. The van der Waals surface area contributed by atoms with E-state index in [2.05, 4.69) is 5.32 Å². The van der Waals surface area contributed by atoms with Crippen molar-refractivity contribution in [1.29, 1.82) is 0 Å². The Labute approximate surface area is 159 Å². The number of nitrogens with two attached hydrogens (primary N) is 1. The van der Waals surface area contributed by atoms with E-state index in [0.29, 0.717) is 25.0 Å². The zero-order valence-electron chi connectivity index (χ0n) is 15.9. The van der Waals surface area contributed by atoms with Gasteiger partial charge in [0.1, 0.15) is 6.67 Å². The molecule has 1 aliphatic heterocycles. The fourth-order valence-electron chi connectivity index (χ4n) is 3.66. The number of piperidine rings is 1. The number of amides is 1. The minimum Gasteiger partial charge on any atom is -0.371 e. The number of carbonyl (C=O) groups is 1. The lowest BCUT2D eigenvalue weighted by Gasteiger charge is -2.40. The first-order valence-corrected chi connectivity index (χ1v) is 9.35. The molecule has 1 amide bonds. The van der Waals surface area contributed by atoms with Gasteiger partial charge in [0.2, 0.25) is 5.91 Å². The number of hydrogen-bond acceptors (Lipinski definition) is 3. The Morgan fingerprint density at radius 2 is 2.04 bits per heavy atom. The van der Waals surface area contributed by atoms with Crippen LogP contribution >= 0.6 is 0 Å². The van der Waals surface area contributed by atoms with Crippen LogP contribution in [0.25, 0.3) is 0 Å². The molecule has 3 atom stereocenters. The van der Waals surface area contributed by atoms with E-state index in [-0.39, 0.29) is 12.0 Å². The third kappa shape index (κ3) is 4.37. The zero-order chi connectivity index (χ0) is 19.4. The molecule has 1 heterocycles. The highest BCUT2D eigenvalue weighted by Crippen LogP contribution is 2.33. The normalized spacial score (nSPS) is 23.7. The van der Waals surface area contributed by atoms with Crippen LogP contribution in [0.1, 0.15) is 48.1 Å². The number of nitrogens with one attached hydrogen (secondary N) is 1. The van der Waals surface area contributed by atoms with Gasteiger partial charge in [-0.05, 0) is 43.4 Å². The average Bonchev–Trinajstić information content (AvgIpc) is 2.69. The Morgan fingerprint density at radius 3 is 2.70 bits per heavy atom. The van der Waals surface area contributed by atoms with Gasteiger partial charge in [0.05, 0.1) is 24.3 Å². The number of rotatable bonds is 6. The van der Waals surface area contributed by atoms with Gasteiger partial charge in [-0.1, -0.05) is 54.1 Å². The molecule has 5 heteroatoms. The summed E-state index contributed by atoms with van der Waals surface area (Å²) >= 11 is 0. The molecule has 27 heavy (non-hydrogen) atoms. The Hall–Kier alpha value is -2.24. The number of carbonyl (C=O) groups excluding carboxylic acids is 1. The molecule has 3 rings (SSSR count). The maximum Gasteiger partial charge on any atom is 0.237 e. The topological polar surface area (TPSA) is 64.3 Å². The molecule has 1 fully saturated rings. The van der Waals surface area contributed by atoms with Crippen LogP contribution in [0.3, 0.4) is 0 Å². The van der Waals surface area contributed by atoms with E-state index in [9.17, 15) is 9.18 Å². The fourth-order valence-corrected chi connectivity index (χ4v) is 3.66. The average molecular weight is 370 g/mol. The molecule has 2 aromatic rings. The second kappa shape index (κ2) is 8.19. The first-order valence-electron chi connectivity index (χ1n) is 9.35. The molecule has 0 radical (unpaired) electrons. The van der Waals surface area contributed by atoms with Gasteiger partial charge in [0, 0.05) is 0 Å². The van der Waals surface area contributed by atoms with E-state index >= 15 is 0 Å². The lowest BCUT2D eigenvalue weighted by Crippen LogP contribution is -2.58. The van der Waals surface area contributed by atoms with E-state index in [0.717, 1.165) is 16.7 Å². The predicted octanol–water partition coefficient (Wildman–Crippen LogP) is 3.67. The molecule has 144 valence electrons. The Bertz CT molecular complexity index is 796. The molecule has 3 N–H and O–H groups in total. The van der Waals surface area contributed by atoms with Crippen LogP contribution in [0.5, 0.6) is 0 Å². The van der Waals surface area contributed by atoms with E-state index in [1.54, 1.807) is 0 Å². The van der Waals surface area contributed by atoms with Crippen molar-refractivity contribution >= 4 is 5.91 Å². The molecule has 4 nitrogen and oxygen atoms in total. The summed E-state index contributed by atoms with van der Waals surface area (Å²) in [5.74, 6) is -0.156. The Morgan fingerprint density at radius 1 is 1.30 bits per heavy atom. The summed E-state index contributed by atoms with van der Waals surface area (Å²) < 4.78 is 19.3. The van der Waals surface area contributed by atoms with Crippen molar-refractivity contribution in [2.75, 3.05) is 6.61 Å². The van der Waals surface area contributed by atoms with E-state index in [4.69, 9.17) is 10.5 Å². The van der Waals surface area contributed by atoms with Crippen molar-refractivity contribution in [1.82, 2.24) is 5.32 Å². The standard InChI is InChI=1S/C22H27FN2O2/c1-15-10-17(13-23)12-18(11-15)16(2)27-14-22(19-6-4-3-5-7-19)9-8-20(24)21(26)25-22/h3-7,10-12,16,20H,8-9,13-14,24H2,1-2H3,(H,25,26)/t16-,20?,22-/m1/s1. The summed E-state index contributed by atoms with van der Waals surface area (Å²) in [7, 11) is 0. The van der Waals surface area contributed by atoms with Crippen molar-refractivity contribution in [3.8, 4) is 0 Å². The first-order chi connectivity index (χ1) is 12.9. The van der Waals surface area contributed by atoms with Gasteiger partial charge in [-0.3, -0.25) is 4.79 Å². The Balaban J connectivity index is 1.81. The van der Waals surface area contributed by atoms with Crippen molar-refractivity contribution in [3.63, 3.8) is 0 Å². The highest BCUT2D eigenvalue weighted by atomic mass is 19.1. The van der Waals surface area contributed by atoms with Crippen LogP contribution in [0.4, 0.5) is 4.39 Å². The van der Waals surface area contributed by atoms with Crippen molar-refractivity contribution in [2.45, 2.75) is 51.0 Å². The van der Waals surface area contributed by atoms with Gasteiger partial charge in [-0.25, -0.2) is 4.39 Å². The molecular weight excluding hydrogens is 343 g/mol. The molecule has 2 aromatic carbocycles. The monoisotopic (exact) mass is 370 g/mol. The van der Waals surface area contributed by atoms with E-state index < -0.39 is 18.3 Å². The number of aryl methyl sites for hydroxylation is 1.